The number of allylic oxidation sites excluding steroid dienone is 1. The van der Waals surface area contributed by atoms with Gasteiger partial charge in [-0.3, -0.25) is 0 Å². The summed E-state index contributed by atoms with van der Waals surface area (Å²) in [6, 6.07) is 27.8. The molecule has 1 heterocycles. The summed E-state index contributed by atoms with van der Waals surface area (Å²) in [5.41, 5.74) is 20.0. The molecule has 0 unspecified atom stereocenters. The predicted molar refractivity (Wildman–Crippen MR) is 256 cm³/mol. The Bertz CT molecular complexity index is 2090. The van der Waals surface area contributed by atoms with Gasteiger partial charge in [-0.05, 0) is 148 Å². The third kappa shape index (κ3) is 12.6. The molecular weight excluding hydrogens is 880 g/mol. The number of hydrogen-bond donors (Lipinski definition) is 0. The molecule has 3 saturated carbocycles. The molecule has 0 atom stereocenters. The molecule has 60 heavy (non-hydrogen) atoms. The summed E-state index contributed by atoms with van der Waals surface area (Å²) in [5.74, 6) is 0. The van der Waals surface area contributed by atoms with Crippen LogP contribution in [0, 0.1) is 41.5 Å². The van der Waals surface area contributed by atoms with Crippen LogP contribution in [0.4, 0.5) is 11.4 Å². The Labute approximate surface area is 390 Å². The minimum Gasteiger partial charge on any atom is -1.00 e. The van der Waals surface area contributed by atoms with E-state index < -0.39 is 0 Å². The van der Waals surface area contributed by atoms with Crippen LogP contribution in [-0.2, 0) is 19.5 Å². The predicted octanol–water partition coefficient (Wildman–Crippen LogP) is 10.3. The topological polar surface area (TPSA) is 6.25 Å². The number of benzene rings is 4. The Hall–Kier alpha value is -2.50. The maximum Gasteiger partial charge on any atom is 1.00 e. The van der Waals surface area contributed by atoms with Crippen molar-refractivity contribution in [3.05, 3.63) is 134 Å². The molecule has 4 aromatic carbocycles. The van der Waals surface area contributed by atoms with Crippen molar-refractivity contribution in [1.82, 2.24) is 0 Å². The van der Waals surface area contributed by atoms with Crippen LogP contribution in [0.5, 0.6) is 0 Å². The van der Waals surface area contributed by atoms with E-state index in [-0.39, 0.29) is 44.3 Å². The summed E-state index contributed by atoms with van der Waals surface area (Å²) in [7, 11) is 0.385. The average molecular weight is 950 g/mol. The van der Waals surface area contributed by atoms with Crippen LogP contribution in [0.1, 0.15) is 135 Å². The fourth-order valence-corrected chi connectivity index (χ4v) is 15.6. The fourth-order valence-electron chi connectivity index (χ4n) is 10.9. The van der Waals surface area contributed by atoms with E-state index >= 15 is 0 Å². The summed E-state index contributed by atoms with van der Waals surface area (Å²) >= 11 is 0. The Morgan fingerprint density at radius 2 is 1.03 bits per heavy atom. The normalized spacial score (nSPS) is 17.8. The monoisotopic (exact) mass is 949 g/mol. The number of fused-ring (bicyclic) bond motifs is 1. The molecule has 3 fully saturated rings. The largest absolute Gasteiger partial charge is 1.00 e. The van der Waals surface area contributed by atoms with Gasteiger partial charge in [0, 0.05) is 5.22 Å². The van der Waals surface area contributed by atoms with Gasteiger partial charge in [0.25, 0.3) is 0 Å². The van der Waals surface area contributed by atoms with Gasteiger partial charge in [0.2, 0.25) is 0 Å². The molecule has 0 N–H and O–H groups in total. The Morgan fingerprint density at radius 1 is 0.583 bits per heavy atom. The molecule has 0 amide bonds. The van der Waals surface area contributed by atoms with E-state index in [9.17, 15) is 0 Å². The van der Waals surface area contributed by atoms with Gasteiger partial charge in [0.05, 0.1) is 0 Å². The second-order valence-electron chi connectivity index (χ2n) is 17.8. The first-order valence-corrected chi connectivity index (χ1v) is 24.2. The summed E-state index contributed by atoms with van der Waals surface area (Å²) < 4.78 is 2.28. The van der Waals surface area contributed by atoms with Crippen LogP contribution >= 0.6 is 20.3 Å². The number of hydrogen-bond acceptors (Lipinski definition) is 1. The number of aryl methyl sites for hydroxylation is 6. The van der Waals surface area contributed by atoms with Gasteiger partial charge in [0.1, 0.15) is 24.5 Å². The van der Waals surface area contributed by atoms with Crippen LogP contribution < -0.4 is 27.7 Å². The maximum atomic E-state index is 3.59. The third-order valence-corrected chi connectivity index (χ3v) is 17.3. The molecule has 1 aliphatic heterocycles. The van der Waals surface area contributed by atoms with Gasteiger partial charge >= 0.3 is 25.8 Å². The van der Waals surface area contributed by atoms with Crippen molar-refractivity contribution in [2.24, 2.45) is 0 Å². The van der Waals surface area contributed by atoms with Crippen molar-refractivity contribution in [1.29, 1.82) is 0 Å². The molecule has 4 aliphatic carbocycles. The first-order chi connectivity index (χ1) is 27.8. The van der Waals surface area contributed by atoms with E-state index in [1.807, 2.05) is 12.1 Å². The van der Waals surface area contributed by atoms with Crippen LogP contribution in [-0.4, -0.2) is 41.0 Å². The molecule has 0 spiro atoms. The van der Waals surface area contributed by atoms with Crippen LogP contribution in [0.2, 0.25) is 0 Å². The van der Waals surface area contributed by atoms with E-state index in [2.05, 4.69) is 136 Å². The van der Waals surface area contributed by atoms with E-state index in [1.165, 1.54) is 103 Å². The quantitative estimate of drug-likeness (QED) is 0.106. The summed E-state index contributed by atoms with van der Waals surface area (Å²) in [5, 5.41) is 2.47. The zero-order valence-electron chi connectivity index (χ0n) is 37.3. The number of halogens is 2. The van der Waals surface area contributed by atoms with E-state index in [4.69, 9.17) is 0 Å². The SMILES string of the molecule is C1=CC(c2ccccc2)=c2ccccc2=1.C1CCC(P(C2CCCCC2)C2CCCCC2)CC1.Cc1cc(C)c(N2[C]=[N+](c3c(C)cc(C)cc3C)CC2)c(C)c1.Cl.[Cl-].[Ru+]. The van der Waals surface area contributed by atoms with Gasteiger partial charge in [-0.2, -0.15) is 0 Å². The second-order valence-corrected chi connectivity index (χ2v) is 20.9. The van der Waals surface area contributed by atoms with Crippen molar-refractivity contribution < 1.29 is 36.5 Å². The molecule has 9 rings (SSSR count). The number of anilines is 1. The Morgan fingerprint density at radius 3 is 1.53 bits per heavy atom. The van der Waals surface area contributed by atoms with Gasteiger partial charge in [-0.25, -0.2) is 9.48 Å². The number of nitrogens with zero attached hydrogens (tertiary/aromatic N) is 2. The van der Waals surface area contributed by atoms with Crippen molar-refractivity contribution in [2.75, 3.05) is 18.0 Å². The van der Waals surface area contributed by atoms with E-state index in [1.54, 1.807) is 77.0 Å². The first-order valence-electron chi connectivity index (χ1n) is 22.6. The second kappa shape index (κ2) is 24.4. The standard InChI is InChI=1S/C21H26N2.C18H33P.C15H10.2ClH.Ru/c1-14-9-16(3)20(17(4)10-14)22-7-8-23(13-22)21-18(5)11-15(2)12-19(21)6;1-4-10-16(11-5-1)19(17-12-6-2-7-13-17)18-14-8-3-9-15-18;1-2-6-12(7-3-1)15-11-10-13-8-4-5-9-14(13)15;;;/h9-12H,7-8H2,1-6H3;16-18H,1-15H2;1-9,11H;2*1H;/q+1;;;;;+1/p-1. The minimum atomic E-state index is 0. The molecule has 2 radical (unpaired) electrons. The molecule has 5 aliphatic rings. The van der Waals surface area contributed by atoms with Crippen molar-refractivity contribution in [2.45, 2.75) is 155 Å². The van der Waals surface area contributed by atoms with Crippen molar-refractivity contribution in [3.63, 3.8) is 0 Å². The summed E-state index contributed by atoms with van der Waals surface area (Å²) in [6.07, 6.45) is 29.3. The molecular formula is C54H70Cl2N2PRu+. The van der Waals surface area contributed by atoms with Gasteiger partial charge in [0.15, 0.2) is 0 Å². The van der Waals surface area contributed by atoms with Gasteiger partial charge in [-0.15, -0.1) is 18.1 Å². The fraction of sp³-hybridized carbons (Fsp3) is 0.481. The molecule has 0 bridgehead atoms. The van der Waals surface area contributed by atoms with E-state index in [0.717, 1.165) is 13.1 Å². The van der Waals surface area contributed by atoms with Crippen molar-refractivity contribution >= 4 is 49.3 Å². The Balaban J connectivity index is 0.000000197. The van der Waals surface area contributed by atoms with Crippen molar-refractivity contribution in [3.8, 4) is 0 Å². The van der Waals surface area contributed by atoms with Crippen LogP contribution in [0.3, 0.4) is 0 Å². The number of rotatable bonds is 6. The third-order valence-electron chi connectivity index (χ3n) is 13.3. The molecule has 322 valence electrons. The zero-order valence-corrected chi connectivity index (χ0v) is 41.5. The molecule has 2 nitrogen and oxygen atoms in total. The van der Waals surface area contributed by atoms with Crippen LogP contribution in [0.15, 0.2) is 84.9 Å². The molecule has 0 saturated heterocycles. The summed E-state index contributed by atoms with van der Waals surface area (Å²) in [6.45, 7) is 15.1. The first kappa shape index (κ1) is 50.2. The van der Waals surface area contributed by atoms with E-state index in [0.29, 0.717) is 7.92 Å². The molecule has 0 aromatic heterocycles. The molecule has 4 aromatic rings. The summed E-state index contributed by atoms with van der Waals surface area (Å²) in [4.78, 5) is 2.28. The average Bonchev–Trinajstić information content (AvgIpc) is 3.87. The van der Waals surface area contributed by atoms with Gasteiger partial charge in [-0.1, -0.05) is 150 Å². The van der Waals surface area contributed by atoms with Gasteiger partial charge < -0.3 is 12.4 Å². The molecule has 6 heteroatoms. The zero-order chi connectivity index (χ0) is 39.7. The minimum absolute atomic E-state index is 0. The van der Waals surface area contributed by atoms with Crippen LogP contribution in [0.25, 0.3) is 11.3 Å². The maximum absolute atomic E-state index is 3.59. The smallest absolute Gasteiger partial charge is 1.00 e. The Kier molecular flexibility index (Phi) is 20.4.